The first-order chi connectivity index (χ1) is 5.90. The molecule has 0 saturated carbocycles. The van der Waals surface area contributed by atoms with Crippen molar-refractivity contribution in [1.29, 1.82) is 0 Å². The fourth-order valence-electron chi connectivity index (χ4n) is 1.32. The van der Waals surface area contributed by atoms with E-state index in [0.717, 1.165) is 17.4 Å². The van der Waals surface area contributed by atoms with Crippen molar-refractivity contribution in [1.82, 2.24) is 0 Å². The van der Waals surface area contributed by atoms with Crippen molar-refractivity contribution in [2.45, 2.75) is 6.42 Å². The van der Waals surface area contributed by atoms with E-state index in [-0.39, 0.29) is 12.4 Å². The summed E-state index contributed by atoms with van der Waals surface area (Å²) in [7, 11) is 0. The van der Waals surface area contributed by atoms with Crippen molar-refractivity contribution in [2.24, 2.45) is 5.73 Å². The van der Waals surface area contributed by atoms with Crippen molar-refractivity contribution >= 4 is 23.4 Å². The summed E-state index contributed by atoms with van der Waals surface area (Å²) in [5.41, 5.74) is 7.63. The number of hydrogen-bond acceptors (Lipinski definition) is 2. The molecule has 0 aliphatic heterocycles. The van der Waals surface area contributed by atoms with E-state index >= 15 is 0 Å². The summed E-state index contributed by atoms with van der Waals surface area (Å²) < 4.78 is 5.26. The largest absolute Gasteiger partial charge is 0.464 e. The first-order valence-corrected chi connectivity index (χ1v) is 4.06. The van der Waals surface area contributed by atoms with Gasteiger partial charge in [-0.25, -0.2) is 0 Å². The lowest BCUT2D eigenvalue weighted by Gasteiger charge is -1.96. The van der Waals surface area contributed by atoms with Crippen LogP contribution in [-0.2, 0) is 6.42 Å². The highest BCUT2D eigenvalue weighted by Gasteiger charge is 1.97. The van der Waals surface area contributed by atoms with Crippen molar-refractivity contribution in [3.8, 4) is 0 Å². The van der Waals surface area contributed by atoms with Gasteiger partial charge in [-0.15, -0.1) is 12.4 Å². The van der Waals surface area contributed by atoms with E-state index in [0.29, 0.717) is 6.54 Å². The fraction of sp³-hybridized carbons (Fsp3) is 0.200. The standard InChI is InChI=1S/C10H11NO.ClH/c11-5-3-8-1-2-9-4-6-12-10(9)7-8;/h1-2,4,6-7H,3,5,11H2;1H. The Bertz CT molecular complexity index is 383. The van der Waals surface area contributed by atoms with Crippen LogP contribution in [0.1, 0.15) is 5.56 Å². The first kappa shape index (κ1) is 10.1. The van der Waals surface area contributed by atoms with E-state index in [4.69, 9.17) is 10.2 Å². The molecule has 13 heavy (non-hydrogen) atoms. The van der Waals surface area contributed by atoms with Crippen molar-refractivity contribution in [2.75, 3.05) is 6.54 Å². The third-order valence-corrected chi connectivity index (χ3v) is 1.95. The molecule has 0 spiro atoms. The van der Waals surface area contributed by atoms with E-state index in [1.165, 1.54) is 5.56 Å². The molecule has 0 atom stereocenters. The highest BCUT2D eigenvalue weighted by Crippen LogP contribution is 2.16. The number of fused-ring (bicyclic) bond motifs is 1. The third kappa shape index (κ3) is 2.02. The van der Waals surface area contributed by atoms with Crippen LogP contribution in [-0.4, -0.2) is 6.54 Å². The number of benzene rings is 1. The predicted molar refractivity (Wildman–Crippen MR) is 56.2 cm³/mol. The average Bonchev–Trinajstić information content (AvgIpc) is 2.51. The van der Waals surface area contributed by atoms with Gasteiger partial charge in [-0.05, 0) is 30.7 Å². The molecule has 0 saturated heterocycles. The normalized spacial score (nSPS) is 9.92. The fourth-order valence-corrected chi connectivity index (χ4v) is 1.32. The Kier molecular flexibility index (Phi) is 3.34. The summed E-state index contributed by atoms with van der Waals surface area (Å²) >= 11 is 0. The molecule has 2 N–H and O–H groups in total. The lowest BCUT2D eigenvalue weighted by molar-refractivity contribution is 0.615. The second-order valence-corrected chi connectivity index (χ2v) is 2.83. The lowest BCUT2D eigenvalue weighted by atomic mass is 10.1. The minimum Gasteiger partial charge on any atom is -0.464 e. The summed E-state index contributed by atoms with van der Waals surface area (Å²) in [6.07, 6.45) is 2.62. The molecule has 0 radical (unpaired) electrons. The molecule has 1 aromatic heterocycles. The Morgan fingerprint density at radius 2 is 2.08 bits per heavy atom. The van der Waals surface area contributed by atoms with E-state index < -0.39 is 0 Å². The highest BCUT2D eigenvalue weighted by atomic mass is 35.5. The van der Waals surface area contributed by atoms with Gasteiger partial charge in [0.1, 0.15) is 5.58 Å². The quantitative estimate of drug-likeness (QED) is 0.803. The molecule has 1 heterocycles. The molecule has 0 aliphatic rings. The van der Waals surface area contributed by atoms with Crippen LogP contribution >= 0.6 is 12.4 Å². The highest BCUT2D eigenvalue weighted by molar-refractivity contribution is 5.85. The van der Waals surface area contributed by atoms with Gasteiger partial charge in [-0.2, -0.15) is 0 Å². The van der Waals surface area contributed by atoms with Crippen molar-refractivity contribution in [3.63, 3.8) is 0 Å². The first-order valence-electron chi connectivity index (χ1n) is 4.06. The van der Waals surface area contributed by atoms with E-state index in [2.05, 4.69) is 12.1 Å². The zero-order valence-electron chi connectivity index (χ0n) is 7.19. The lowest BCUT2D eigenvalue weighted by Crippen LogP contribution is -2.02. The number of hydrogen-bond donors (Lipinski definition) is 1. The molecule has 2 aromatic rings. The summed E-state index contributed by atoms with van der Waals surface area (Å²) in [5.74, 6) is 0. The molecule has 1 aromatic carbocycles. The maximum atomic E-state index is 5.45. The van der Waals surface area contributed by atoms with E-state index in [1.807, 2.05) is 12.1 Å². The molecule has 0 unspecified atom stereocenters. The molecule has 0 amide bonds. The molecular formula is C10H12ClNO. The Balaban J connectivity index is 0.000000845. The molecule has 2 nitrogen and oxygen atoms in total. The van der Waals surface area contributed by atoms with Crippen LogP contribution in [0.15, 0.2) is 34.9 Å². The van der Waals surface area contributed by atoms with Crippen LogP contribution in [0.2, 0.25) is 0 Å². The second-order valence-electron chi connectivity index (χ2n) is 2.83. The van der Waals surface area contributed by atoms with Gasteiger partial charge in [0.05, 0.1) is 6.26 Å². The molecule has 0 bridgehead atoms. The van der Waals surface area contributed by atoms with Crippen LogP contribution in [0.4, 0.5) is 0 Å². The molecule has 0 aliphatic carbocycles. The van der Waals surface area contributed by atoms with Gasteiger partial charge in [0.2, 0.25) is 0 Å². The Hall–Kier alpha value is -0.990. The Morgan fingerprint density at radius 3 is 2.85 bits per heavy atom. The smallest absolute Gasteiger partial charge is 0.134 e. The third-order valence-electron chi connectivity index (χ3n) is 1.95. The van der Waals surface area contributed by atoms with Gasteiger partial charge in [0.15, 0.2) is 0 Å². The SMILES string of the molecule is Cl.NCCc1ccc2ccoc2c1. The van der Waals surface area contributed by atoms with Gasteiger partial charge < -0.3 is 10.2 Å². The van der Waals surface area contributed by atoms with Gasteiger partial charge in [0, 0.05) is 5.39 Å². The monoisotopic (exact) mass is 197 g/mol. The molecule has 3 heteroatoms. The van der Waals surface area contributed by atoms with Gasteiger partial charge in [0.25, 0.3) is 0 Å². The zero-order chi connectivity index (χ0) is 8.39. The maximum Gasteiger partial charge on any atom is 0.134 e. The number of nitrogens with two attached hydrogens (primary N) is 1. The minimum absolute atomic E-state index is 0. The van der Waals surface area contributed by atoms with Crippen LogP contribution in [0.5, 0.6) is 0 Å². The molecule has 0 fully saturated rings. The summed E-state index contributed by atoms with van der Waals surface area (Å²) in [6, 6.07) is 8.15. The average molecular weight is 198 g/mol. The van der Waals surface area contributed by atoms with Gasteiger partial charge in [-0.3, -0.25) is 0 Å². The van der Waals surface area contributed by atoms with Crippen LogP contribution in [0.25, 0.3) is 11.0 Å². The predicted octanol–water partition coefficient (Wildman–Crippen LogP) is 2.36. The zero-order valence-corrected chi connectivity index (χ0v) is 8.01. The molecule has 2 rings (SSSR count). The van der Waals surface area contributed by atoms with E-state index in [9.17, 15) is 0 Å². The van der Waals surface area contributed by atoms with Crippen LogP contribution in [0, 0.1) is 0 Å². The minimum atomic E-state index is 0. The van der Waals surface area contributed by atoms with Gasteiger partial charge >= 0.3 is 0 Å². The topological polar surface area (TPSA) is 39.2 Å². The summed E-state index contributed by atoms with van der Waals surface area (Å²) in [6.45, 7) is 0.687. The van der Waals surface area contributed by atoms with Crippen LogP contribution < -0.4 is 5.73 Å². The number of rotatable bonds is 2. The van der Waals surface area contributed by atoms with Gasteiger partial charge in [-0.1, -0.05) is 12.1 Å². The second kappa shape index (κ2) is 4.30. The summed E-state index contributed by atoms with van der Waals surface area (Å²) in [5, 5.41) is 1.15. The maximum absolute atomic E-state index is 5.45. The number of halogens is 1. The van der Waals surface area contributed by atoms with E-state index in [1.54, 1.807) is 6.26 Å². The van der Waals surface area contributed by atoms with Crippen molar-refractivity contribution in [3.05, 3.63) is 36.1 Å². The molecule has 70 valence electrons. The Labute approximate surface area is 83.1 Å². The van der Waals surface area contributed by atoms with Crippen molar-refractivity contribution < 1.29 is 4.42 Å². The molecular weight excluding hydrogens is 186 g/mol. The number of furan rings is 1. The Morgan fingerprint density at radius 1 is 1.23 bits per heavy atom. The summed E-state index contributed by atoms with van der Waals surface area (Å²) in [4.78, 5) is 0. The van der Waals surface area contributed by atoms with Crippen LogP contribution in [0.3, 0.4) is 0 Å².